The number of thioether (sulfide) groups is 1. The maximum absolute atomic E-state index is 12.5. The summed E-state index contributed by atoms with van der Waals surface area (Å²) in [6.45, 7) is 6.82. The van der Waals surface area contributed by atoms with Gasteiger partial charge < -0.3 is 14.7 Å². The van der Waals surface area contributed by atoms with Gasteiger partial charge >= 0.3 is 0 Å². The average molecular weight is 438 g/mol. The molecule has 2 saturated heterocycles. The molecule has 0 radical (unpaired) electrons. The van der Waals surface area contributed by atoms with E-state index in [0.29, 0.717) is 41.0 Å². The minimum Gasteiger partial charge on any atom is -0.353 e. The van der Waals surface area contributed by atoms with Crippen LogP contribution in [0.15, 0.2) is 11.2 Å². The van der Waals surface area contributed by atoms with Crippen LogP contribution in [0.25, 0.3) is 0 Å². The standard InChI is InChI=1S/C20H28ClN5O2S/c1-14-4-6-25(7-5-14)18(27)13-29-20-22-16(21)12-17(23-20)24-8-10-26(11-9-24)19(28)15-2-3-15/h12,14-15H,2-11,13H2,1H3. The van der Waals surface area contributed by atoms with E-state index in [0.717, 1.165) is 57.7 Å². The van der Waals surface area contributed by atoms with Gasteiger partial charge in [0.05, 0.1) is 5.75 Å². The molecule has 1 aromatic rings. The number of halogens is 1. The summed E-state index contributed by atoms with van der Waals surface area (Å²) in [7, 11) is 0. The van der Waals surface area contributed by atoms with Gasteiger partial charge in [-0.2, -0.15) is 0 Å². The highest BCUT2D eigenvalue weighted by Gasteiger charge is 2.34. The number of piperazine rings is 1. The van der Waals surface area contributed by atoms with E-state index in [1.165, 1.54) is 11.8 Å². The summed E-state index contributed by atoms with van der Waals surface area (Å²) in [4.78, 5) is 39.7. The smallest absolute Gasteiger partial charge is 0.233 e. The Bertz CT molecular complexity index is 759. The van der Waals surface area contributed by atoms with Crippen molar-refractivity contribution in [2.24, 2.45) is 11.8 Å². The van der Waals surface area contributed by atoms with Crippen LogP contribution in [0.3, 0.4) is 0 Å². The molecule has 3 aliphatic rings. The first-order valence-corrected chi connectivity index (χ1v) is 11.8. The lowest BCUT2D eigenvalue weighted by Gasteiger charge is -2.35. The largest absolute Gasteiger partial charge is 0.353 e. The minimum absolute atomic E-state index is 0.138. The zero-order valence-corrected chi connectivity index (χ0v) is 18.4. The van der Waals surface area contributed by atoms with Gasteiger partial charge in [-0.1, -0.05) is 30.3 Å². The van der Waals surface area contributed by atoms with Gasteiger partial charge in [0.25, 0.3) is 0 Å². The maximum atomic E-state index is 12.5. The normalized spacial score (nSPS) is 20.8. The van der Waals surface area contributed by atoms with Crippen LogP contribution in [0, 0.1) is 11.8 Å². The van der Waals surface area contributed by atoms with Gasteiger partial charge in [-0.05, 0) is 31.6 Å². The molecule has 158 valence electrons. The Balaban J connectivity index is 1.32. The summed E-state index contributed by atoms with van der Waals surface area (Å²) in [5.41, 5.74) is 0. The molecule has 0 unspecified atom stereocenters. The Morgan fingerprint density at radius 3 is 2.38 bits per heavy atom. The molecule has 9 heteroatoms. The Morgan fingerprint density at radius 1 is 1.03 bits per heavy atom. The first-order valence-electron chi connectivity index (χ1n) is 10.5. The van der Waals surface area contributed by atoms with Crippen molar-refractivity contribution in [3.63, 3.8) is 0 Å². The highest BCUT2D eigenvalue weighted by atomic mass is 35.5. The number of hydrogen-bond donors (Lipinski definition) is 0. The number of aromatic nitrogens is 2. The minimum atomic E-state index is 0.138. The molecule has 3 heterocycles. The lowest BCUT2D eigenvalue weighted by atomic mass is 9.99. The van der Waals surface area contributed by atoms with Gasteiger partial charge in [0.15, 0.2) is 5.16 Å². The van der Waals surface area contributed by atoms with Crippen molar-refractivity contribution in [3.8, 4) is 0 Å². The summed E-state index contributed by atoms with van der Waals surface area (Å²) in [5.74, 6) is 2.50. The molecule has 1 saturated carbocycles. The van der Waals surface area contributed by atoms with Crippen LogP contribution in [0.5, 0.6) is 0 Å². The Labute approximate surface area is 181 Å². The van der Waals surface area contributed by atoms with Gasteiger partial charge in [0.2, 0.25) is 11.8 Å². The Morgan fingerprint density at radius 2 is 1.72 bits per heavy atom. The molecular weight excluding hydrogens is 410 g/mol. The van der Waals surface area contributed by atoms with E-state index >= 15 is 0 Å². The summed E-state index contributed by atoms with van der Waals surface area (Å²) in [6.07, 6.45) is 4.22. The third kappa shape index (κ3) is 5.34. The quantitative estimate of drug-likeness (QED) is 0.400. The van der Waals surface area contributed by atoms with Crippen LogP contribution in [0.4, 0.5) is 5.82 Å². The number of amides is 2. The number of hydrogen-bond acceptors (Lipinski definition) is 6. The fourth-order valence-corrected chi connectivity index (χ4v) is 4.82. The van der Waals surface area contributed by atoms with Crippen LogP contribution in [-0.4, -0.2) is 76.6 Å². The van der Waals surface area contributed by atoms with E-state index in [1.54, 1.807) is 6.07 Å². The van der Waals surface area contributed by atoms with Crippen molar-refractivity contribution in [1.82, 2.24) is 19.8 Å². The Hall–Kier alpha value is -1.54. The molecular formula is C20H28ClN5O2S. The molecule has 0 atom stereocenters. The third-order valence-corrected chi connectivity index (χ3v) is 6.99. The van der Waals surface area contributed by atoms with Crippen molar-refractivity contribution in [2.75, 3.05) is 49.9 Å². The number of carbonyl (C=O) groups excluding carboxylic acids is 2. The molecule has 2 aliphatic heterocycles. The highest BCUT2D eigenvalue weighted by Crippen LogP contribution is 2.31. The molecule has 0 N–H and O–H groups in total. The van der Waals surface area contributed by atoms with Crippen molar-refractivity contribution >= 4 is 41.0 Å². The van der Waals surface area contributed by atoms with Crippen LogP contribution in [0.1, 0.15) is 32.6 Å². The van der Waals surface area contributed by atoms with E-state index in [9.17, 15) is 9.59 Å². The third-order valence-electron chi connectivity index (χ3n) is 5.96. The first kappa shape index (κ1) is 20.7. The molecule has 4 rings (SSSR count). The number of piperidine rings is 1. The van der Waals surface area contributed by atoms with Crippen LogP contribution >= 0.6 is 23.4 Å². The molecule has 2 amide bonds. The lowest BCUT2D eigenvalue weighted by molar-refractivity contribution is -0.133. The van der Waals surface area contributed by atoms with Crippen molar-refractivity contribution in [1.29, 1.82) is 0 Å². The van der Waals surface area contributed by atoms with Crippen LogP contribution < -0.4 is 4.90 Å². The fourth-order valence-electron chi connectivity index (χ4n) is 3.83. The molecule has 7 nitrogen and oxygen atoms in total. The summed E-state index contributed by atoms with van der Waals surface area (Å²) < 4.78 is 0. The van der Waals surface area contributed by atoms with Crippen LogP contribution in [-0.2, 0) is 9.59 Å². The predicted octanol–water partition coefficient (Wildman–Crippen LogP) is 2.54. The molecule has 1 aliphatic carbocycles. The molecule has 0 bridgehead atoms. The summed E-state index contributed by atoms with van der Waals surface area (Å²) in [5, 5.41) is 0.913. The van der Waals surface area contributed by atoms with E-state index in [2.05, 4.69) is 21.8 Å². The number of nitrogens with zero attached hydrogens (tertiary/aromatic N) is 5. The second-order valence-electron chi connectivity index (χ2n) is 8.27. The molecule has 29 heavy (non-hydrogen) atoms. The zero-order chi connectivity index (χ0) is 20.4. The predicted molar refractivity (Wildman–Crippen MR) is 114 cm³/mol. The van der Waals surface area contributed by atoms with Gasteiger partial charge in [-0.15, -0.1) is 0 Å². The maximum Gasteiger partial charge on any atom is 0.233 e. The fraction of sp³-hybridized carbons (Fsp3) is 0.700. The SMILES string of the molecule is CC1CCN(C(=O)CSc2nc(Cl)cc(N3CCN(C(=O)C4CC4)CC3)n2)CC1. The average Bonchev–Trinajstić information content (AvgIpc) is 3.57. The molecule has 0 aromatic carbocycles. The molecule has 3 fully saturated rings. The highest BCUT2D eigenvalue weighted by molar-refractivity contribution is 7.99. The monoisotopic (exact) mass is 437 g/mol. The first-order chi connectivity index (χ1) is 14.0. The molecule has 1 aromatic heterocycles. The van der Waals surface area contributed by atoms with E-state index in [-0.39, 0.29) is 11.8 Å². The van der Waals surface area contributed by atoms with Crippen molar-refractivity contribution in [2.45, 2.75) is 37.8 Å². The topological polar surface area (TPSA) is 69.6 Å². The van der Waals surface area contributed by atoms with Gasteiger partial charge in [0.1, 0.15) is 11.0 Å². The van der Waals surface area contributed by atoms with Gasteiger partial charge in [0, 0.05) is 51.3 Å². The summed E-state index contributed by atoms with van der Waals surface area (Å²) in [6, 6.07) is 1.76. The van der Waals surface area contributed by atoms with Gasteiger partial charge in [-0.3, -0.25) is 9.59 Å². The second kappa shape index (κ2) is 9.08. The van der Waals surface area contributed by atoms with E-state index in [1.807, 2.05) is 9.80 Å². The number of anilines is 1. The van der Waals surface area contributed by atoms with Crippen molar-refractivity contribution < 1.29 is 9.59 Å². The lowest BCUT2D eigenvalue weighted by Crippen LogP contribution is -2.49. The number of carbonyl (C=O) groups is 2. The summed E-state index contributed by atoms with van der Waals surface area (Å²) >= 11 is 7.57. The molecule has 0 spiro atoms. The van der Waals surface area contributed by atoms with E-state index < -0.39 is 0 Å². The van der Waals surface area contributed by atoms with Crippen molar-refractivity contribution in [3.05, 3.63) is 11.2 Å². The second-order valence-corrected chi connectivity index (χ2v) is 9.60. The number of rotatable bonds is 5. The zero-order valence-electron chi connectivity index (χ0n) is 16.8. The Kier molecular flexibility index (Phi) is 6.49. The van der Waals surface area contributed by atoms with Gasteiger partial charge in [-0.25, -0.2) is 9.97 Å². The number of likely N-dealkylation sites (tertiary alicyclic amines) is 1. The van der Waals surface area contributed by atoms with Crippen LogP contribution in [0.2, 0.25) is 5.15 Å². The van der Waals surface area contributed by atoms with E-state index in [4.69, 9.17) is 11.6 Å².